The molecule has 1 fully saturated rings. The van der Waals surface area contributed by atoms with Crippen molar-refractivity contribution in [3.63, 3.8) is 0 Å². The van der Waals surface area contributed by atoms with E-state index < -0.39 is 0 Å². The van der Waals surface area contributed by atoms with Crippen LogP contribution < -0.4 is 0 Å². The van der Waals surface area contributed by atoms with Crippen molar-refractivity contribution >= 4 is 0 Å². The standard InChI is InChI=1S/C22H26N4/c1-18-7-5-6-10-20(18)21-15-23-24-22(21)17-26-13-11-25(12-14-26)16-19-8-3-2-4-9-19/h2-10,15H,11-14,16-17H2,1H3,(H,23,24). The summed E-state index contributed by atoms with van der Waals surface area (Å²) in [5, 5.41) is 7.60. The molecule has 1 N–H and O–H groups in total. The number of aromatic amines is 1. The number of nitrogens with zero attached hydrogens (tertiary/aromatic N) is 3. The zero-order valence-corrected chi connectivity index (χ0v) is 15.4. The third-order valence-electron chi connectivity index (χ3n) is 5.24. The fourth-order valence-electron chi connectivity index (χ4n) is 3.71. The molecule has 1 aromatic heterocycles. The minimum absolute atomic E-state index is 0.909. The Morgan fingerprint density at radius 2 is 1.46 bits per heavy atom. The number of piperazine rings is 1. The van der Waals surface area contributed by atoms with Gasteiger partial charge in [-0.15, -0.1) is 0 Å². The maximum atomic E-state index is 4.53. The summed E-state index contributed by atoms with van der Waals surface area (Å²) in [6, 6.07) is 19.3. The molecule has 0 unspecified atom stereocenters. The Morgan fingerprint density at radius 1 is 0.808 bits per heavy atom. The van der Waals surface area contributed by atoms with Crippen molar-refractivity contribution < 1.29 is 0 Å². The highest BCUT2D eigenvalue weighted by atomic mass is 15.3. The lowest BCUT2D eigenvalue weighted by Crippen LogP contribution is -2.45. The zero-order valence-electron chi connectivity index (χ0n) is 15.4. The third kappa shape index (κ3) is 3.87. The molecule has 4 heteroatoms. The van der Waals surface area contributed by atoms with Gasteiger partial charge in [-0.05, 0) is 23.6 Å². The lowest BCUT2D eigenvalue weighted by molar-refractivity contribution is 0.121. The van der Waals surface area contributed by atoms with Crippen molar-refractivity contribution in [1.82, 2.24) is 20.0 Å². The first-order valence-electron chi connectivity index (χ1n) is 9.37. The maximum absolute atomic E-state index is 4.53. The number of nitrogens with one attached hydrogen (secondary N) is 1. The zero-order chi connectivity index (χ0) is 17.8. The second-order valence-corrected chi connectivity index (χ2v) is 7.10. The average Bonchev–Trinajstić information content (AvgIpc) is 3.12. The summed E-state index contributed by atoms with van der Waals surface area (Å²) in [5.74, 6) is 0. The topological polar surface area (TPSA) is 35.2 Å². The molecule has 4 nitrogen and oxygen atoms in total. The summed E-state index contributed by atoms with van der Waals surface area (Å²) in [5.41, 5.74) is 6.35. The monoisotopic (exact) mass is 346 g/mol. The number of H-pyrrole nitrogens is 1. The van der Waals surface area contributed by atoms with E-state index in [2.05, 4.69) is 81.5 Å². The number of aromatic nitrogens is 2. The lowest BCUT2D eigenvalue weighted by atomic mass is 10.0. The molecule has 0 saturated carbocycles. The van der Waals surface area contributed by atoms with Gasteiger partial charge in [0.15, 0.2) is 0 Å². The van der Waals surface area contributed by atoms with E-state index in [0.717, 1.165) is 45.0 Å². The van der Waals surface area contributed by atoms with Crippen LogP contribution >= 0.6 is 0 Å². The molecule has 1 saturated heterocycles. The predicted molar refractivity (Wildman–Crippen MR) is 106 cm³/mol. The second kappa shape index (κ2) is 7.85. The Morgan fingerprint density at radius 3 is 2.19 bits per heavy atom. The van der Waals surface area contributed by atoms with E-state index in [-0.39, 0.29) is 0 Å². The molecule has 2 aromatic carbocycles. The van der Waals surface area contributed by atoms with Crippen molar-refractivity contribution in [3.05, 3.63) is 77.6 Å². The van der Waals surface area contributed by atoms with Gasteiger partial charge >= 0.3 is 0 Å². The van der Waals surface area contributed by atoms with Crippen LogP contribution in [0.1, 0.15) is 16.8 Å². The normalized spacial score (nSPS) is 16.0. The van der Waals surface area contributed by atoms with Crippen LogP contribution in [0.3, 0.4) is 0 Å². The van der Waals surface area contributed by atoms with Gasteiger partial charge in [-0.25, -0.2) is 0 Å². The van der Waals surface area contributed by atoms with E-state index in [9.17, 15) is 0 Å². The summed E-state index contributed by atoms with van der Waals surface area (Å²) in [6.45, 7) is 8.52. The average molecular weight is 346 g/mol. The first-order chi connectivity index (χ1) is 12.8. The highest BCUT2D eigenvalue weighted by molar-refractivity contribution is 5.68. The summed E-state index contributed by atoms with van der Waals surface area (Å²) in [7, 11) is 0. The lowest BCUT2D eigenvalue weighted by Gasteiger charge is -2.34. The Balaban J connectivity index is 1.37. The van der Waals surface area contributed by atoms with Gasteiger partial charge in [-0.2, -0.15) is 5.10 Å². The first-order valence-corrected chi connectivity index (χ1v) is 9.37. The third-order valence-corrected chi connectivity index (χ3v) is 5.24. The smallest absolute Gasteiger partial charge is 0.0840 e. The second-order valence-electron chi connectivity index (χ2n) is 7.10. The van der Waals surface area contributed by atoms with Gasteiger partial charge in [-0.1, -0.05) is 54.6 Å². The molecule has 1 aliphatic heterocycles. The van der Waals surface area contributed by atoms with Gasteiger partial charge in [0.25, 0.3) is 0 Å². The van der Waals surface area contributed by atoms with E-state index >= 15 is 0 Å². The van der Waals surface area contributed by atoms with Gasteiger partial charge in [0.1, 0.15) is 0 Å². The number of hydrogen-bond donors (Lipinski definition) is 1. The number of aryl methyl sites for hydroxylation is 1. The Bertz CT molecular complexity index is 832. The Kier molecular flexibility index (Phi) is 5.14. The molecular weight excluding hydrogens is 320 g/mol. The van der Waals surface area contributed by atoms with E-state index in [1.807, 2.05) is 6.20 Å². The first kappa shape index (κ1) is 17.0. The molecule has 0 spiro atoms. The fourth-order valence-corrected chi connectivity index (χ4v) is 3.71. The summed E-state index contributed by atoms with van der Waals surface area (Å²) in [6.07, 6.45) is 2.03. The molecule has 4 rings (SSSR count). The molecule has 0 radical (unpaired) electrons. The number of benzene rings is 2. The highest BCUT2D eigenvalue weighted by Gasteiger charge is 2.19. The van der Waals surface area contributed by atoms with Crippen LogP contribution in [0.4, 0.5) is 0 Å². The van der Waals surface area contributed by atoms with Crippen LogP contribution in [-0.4, -0.2) is 46.2 Å². The van der Waals surface area contributed by atoms with Gasteiger partial charge in [0, 0.05) is 51.0 Å². The molecule has 0 amide bonds. The largest absolute Gasteiger partial charge is 0.297 e. The SMILES string of the molecule is Cc1ccccc1-c1c[nH]nc1CN1CCN(Cc2ccccc2)CC1. The molecule has 134 valence electrons. The Hall–Kier alpha value is -2.43. The van der Waals surface area contributed by atoms with E-state index in [4.69, 9.17) is 0 Å². The minimum atomic E-state index is 0.909. The molecular formula is C22H26N4. The van der Waals surface area contributed by atoms with Crippen LogP contribution in [0.15, 0.2) is 60.8 Å². The highest BCUT2D eigenvalue weighted by Crippen LogP contribution is 2.26. The Labute approximate surface area is 155 Å². The molecule has 0 aliphatic carbocycles. The van der Waals surface area contributed by atoms with Crippen LogP contribution in [0.2, 0.25) is 0 Å². The summed E-state index contributed by atoms with van der Waals surface area (Å²) in [4.78, 5) is 5.05. The quantitative estimate of drug-likeness (QED) is 0.765. The van der Waals surface area contributed by atoms with Crippen molar-refractivity contribution in [3.8, 4) is 11.1 Å². The predicted octanol–water partition coefficient (Wildman–Crippen LogP) is 3.70. The van der Waals surface area contributed by atoms with Gasteiger partial charge < -0.3 is 0 Å². The van der Waals surface area contributed by atoms with E-state index in [0.29, 0.717) is 0 Å². The minimum Gasteiger partial charge on any atom is -0.297 e. The number of rotatable bonds is 5. The summed E-state index contributed by atoms with van der Waals surface area (Å²) >= 11 is 0. The molecule has 0 atom stereocenters. The molecule has 3 aromatic rings. The maximum Gasteiger partial charge on any atom is 0.0840 e. The number of hydrogen-bond acceptors (Lipinski definition) is 3. The van der Waals surface area contributed by atoms with Crippen molar-refractivity contribution in [2.45, 2.75) is 20.0 Å². The van der Waals surface area contributed by atoms with Crippen molar-refractivity contribution in [1.29, 1.82) is 0 Å². The van der Waals surface area contributed by atoms with Crippen LogP contribution in [0.5, 0.6) is 0 Å². The van der Waals surface area contributed by atoms with Crippen molar-refractivity contribution in [2.24, 2.45) is 0 Å². The van der Waals surface area contributed by atoms with E-state index in [1.54, 1.807) is 0 Å². The van der Waals surface area contributed by atoms with Gasteiger partial charge in [-0.3, -0.25) is 14.9 Å². The molecule has 1 aliphatic rings. The van der Waals surface area contributed by atoms with Gasteiger partial charge in [0.2, 0.25) is 0 Å². The van der Waals surface area contributed by atoms with Crippen LogP contribution in [-0.2, 0) is 13.1 Å². The van der Waals surface area contributed by atoms with Crippen LogP contribution in [0, 0.1) is 6.92 Å². The summed E-state index contributed by atoms with van der Waals surface area (Å²) < 4.78 is 0. The molecule has 0 bridgehead atoms. The van der Waals surface area contributed by atoms with Gasteiger partial charge in [0.05, 0.1) is 5.69 Å². The molecule has 26 heavy (non-hydrogen) atoms. The van der Waals surface area contributed by atoms with E-state index in [1.165, 1.54) is 22.3 Å². The fraction of sp³-hybridized carbons (Fsp3) is 0.318. The van der Waals surface area contributed by atoms with Crippen molar-refractivity contribution in [2.75, 3.05) is 26.2 Å². The molecule has 2 heterocycles. The van der Waals surface area contributed by atoms with Crippen LogP contribution in [0.25, 0.3) is 11.1 Å².